The monoisotopic (exact) mass is 229 g/mol. The van der Waals surface area contributed by atoms with Gasteiger partial charge in [-0.15, -0.1) is 11.8 Å². The Balaban J connectivity index is 1.52. The standard InChI is InChI=1S/C16H23N/c1(2-5-11-16-12-13-17-14-16)4-8-15-9-6-3-7-10-15/h13-15H,3-12H2. The Bertz CT molecular complexity index is 334. The van der Waals surface area contributed by atoms with Crippen molar-refractivity contribution < 1.29 is 0 Å². The van der Waals surface area contributed by atoms with Crippen LogP contribution in [0.25, 0.3) is 0 Å². The van der Waals surface area contributed by atoms with Crippen LogP contribution in [0, 0.1) is 17.8 Å². The zero-order chi connectivity index (χ0) is 11.8. The van der Waals surface area contributed by atoms with Crippen molar-refractivity contribution in [2.45, 2.75) is 64.2 Å². The number of rotatable bonds is 4. The third-order valence-corrected chi connectivity index (χ3v) is 3.81. The lowest BCUT2D eigenvalue weighted by Gasteiger charge is -2.20. The molecule has 1 heterocycles. The topological polar surface area (TPSA) is 12.4 Å². The molecule has 0 atom stereocenters. The first kappa shape index (κ1) is 12.4. The predicted molar refractivity (Wildman–Crippen MR) is 74.0 cm³/mol. The van der Waals surface area contributed by atoms with Gasteiger partial charge in [0.05, 0.1) is 0 Å². The predicted octanol–water partition coefficient (Wildman–Crippen LogP) is 4.49. The molecule has 1 saturated carbocycles. The maximum Gasteiger partial charge on any atom is 0.0260 e. The van der Waals surface area contributed by atoms with Gasteiger partial charge >= 0.3 is 0 Å². The Morgan fingerprint density at radius 1 is 1.12 bits per heavy atom. The van der Waals surface area contributed by atoms with Gasteiger partial charge in [-0.05, 0) is 24.3 Å². The van der Waals surface area contributed by atoms with E-state index in [0.717, 1.165) is 31.6 Å². The number of hydrogen-bond donors (Lipinski definition) is 0. The lowest BCUT2D eigenvalue weighted by atomic mass is 9.86. The van der Waals surface area contributed by atoms with E-state index in [0.29, 0.717) is 0 Å². The Labute approximate surface area is 105 Å². The largest absolute Gasteiger partial charge is 0.269 e. The fourth-order valence-corrected chi connectivity index (χ4v) is 2.70. The number of nitrogens with zero attached hydrogens (tertiary/aromatic N) is 1. The van der Waals surface area contributed by atoms with E-state index in [4.69, 9.17) is 0 Å². The highest BCUT2D eigenvalue weighted by atomic mass is 14.7. The Morgan fingerprint density at radius 2 is 1.94 bits per heavy atom. The van der Waals surface area contributed by atoms with Gasteiger partial charge in [0.2, 0.25) is 0 Å². The van der Waals surface area contributed by atoms with Crippen molar-refractivity contribution >= 4 is 6.21 Å². The summed E-state index contributed by atoms with van der Waals surface area (Å²) in [5.74, 6) is 7.62. The molecule has 17 heavy (non-hydrogen) atoms. The molecular formula is C16H23N. The van der Waals surface area contributed by atoms with E-state index in [1.54, 1.807) is 0 Å². The molecule has 0 spiro atoms. The van der Waals surface area contributed by atoms with Crippen LogP contribution in [0.4, 0.5) is 0 Å². The molecule has 0 N–H and O–H groups in total. The number of aliphatic imine (C=N–C) groups is 1. The van der Waals surface area contributed by atoms with E-state index in [1.807, 2.05) is 12.4 Å². The molecule has 1 nitrogen and oxygen atoms in total. The summed E-state index contributed by atoms with van der Waals surface area (Å²) in [7, 11) is 0. The van der Waals surface area contributed by atoms with Gasteiger partial charge in [0.25, 0.3) is 0 Å². The summed E-state index contributed by atoms with van der Waals surface area (Å²) >= 11 is 0. The van der Waals surface area contributed by atoms with Crippen LogP contribution in [0.15, 0.2) is 16.8 Å². The Morgan fingerprint density at radius 3 is 2.71 bits per heavy atom. The summed E-state index contributed by atoms with van der Waals surface area (Å²) in [6, 6.07) is 0. The minimum absolute atomic E-state index is 0.976. The third kappa shape index (κ3) is 4.77. The van der Waals surface area contributed by atoms with Gasteiger partial charge in [0, 0.05) is 31.7 Å². The van der Waals surface area contributed by atoms with Crippen LogP contribution in [0.1, 0.15) is 64.2 Å². The lowest BCUT2D eigenvalue weighted by molar-refractivity contribution is 0.342. The summed E-state index contributed by atoms with van der Waals surface area (Å²) in [5, 5.41) is 0. The van der Waals surface area contributed by atoms with Crippen molar-refractivity contribution in [3.05, 3.63) is 11.8 Å². The summed E-state index contributed by atoms with van der Waals surface area (Å²) in [5.41, 5.74) is 1.44. The molecule has 2 rings (SSSR count). The molecule has 0 aromatic carbocycles. The molecule has 1 aliphatic heterocycles. The summed E-state index contributed by atoms with van der Waals surface area (Å²) < 4.78 is 0. The normalized spacial score (nSPS) is 19.9. The first-order chi connectivity index (χ1) is 8.45. The van der Waals surface area contributed by atoms with E-state index in [2.05, 4.69) is 16.8 Å². The Kier molecular flexibility index (Phi) is 5.36. The second kappa shape index (κ2) is 7.33. The zero-order valence-electron chi connectivity index (χ0n) is 10.8. The molecule has 0 amide bonds. The number of hydrogen-bond acceptors (Lipinski definition) is 1. The quantitative estimate of drug-likeness (QED) is 0.630. The first-order valence-corrected chi connectivity index (χ1v) is 7.10. The molecule has 0 unspecified atom stereocenters. The molecule has 0 bridgehead atoms. The fraction of sp³-hybridized carbons (Fsp3) is 0.688. The summed E-state index contributed by atoms with van der Waals surface area (Å²) in [4.78, 5) is 4.11. The van der Waals surface area contributed by atoms with Crippen molar-refractivity contribution in [3.8, 4) is 11.8 Å². The van der Waals surface area contributed by atoms with E-state index < -0.39 is 0 Å². The highest BCUT2D eigenvalue weighted by Crippen LogP contribution is 2.26. The van der Waals surface area contributed by atoms with Crippen LogP contribution in [-0.2, 0) is 0 Å². The SMILES string of the molecule is C(#CCCC1CCCCC1)CCC1=CN=CC1. The number of allylic oxidation sites excluding steroid dienone is 1. The molecule has 1 heteroatoms. The highest BCUT2D eigenvalue weighted by molar-refractivity contribution is 5.65. The van der Waals surface area contributed by atoms with Crippen molar-refractivity contribution in [2.75, 3.05) is 0 Å². The fourth-order valence-electron chi connectivity index (χ4n) is 2.70. The van der Waals surface area contributed by atoms with Crippen LogP contribution in [0.3, 0.4) is 0 Å². The molecule has 0 aromatic rings. The van der Waals surface area contributed by atoms with Gasteiger partial charge in [-0.2, -0.15) is 0 Å². The molecule has 2 aliphatic rings. The average Bonchev–Trinajstić information content (AvgIpc) is 2.88. The average molecular weight is 229 g/mol. The van der Waals surface area contributed by atoms with Gasteiger partial charge in [0.1, 0.15) is 0 Å². The summed E-state index contributed by atoms with van der Waals surface area (Å²) in [6.45, 7) is 0. The second-order valence-corrected chi connectivity index (χ2v) is 5.22. The van der Waals surface area contributed by atoms with E-state index >= 15 is 0 Å². The van der Waals surface area contributed by atoms with Gasteiger partial charge in [-0.25, -0.2) is 0 Å². The van der Waals surface area contributed by atoms with Gasteiger partial charge in [-0.1, -0.05) is 32.1 Å². The van der Waals surface area contributed by atoms with Gasteiger partial charge < -0.3 is 0 Å². The molecule has 0 saturated heterocycles. The minimum Gasteiger partial charge on any atom is -0.269 e. The smallest absolute Gasteiger partial charge is 0.0260 e. The maximum atomic E-state index is 4.11. The minimum atomic E-state index is 0.976. The van der Waals surface area contributed by atoms with Crippen LogP contribution >= 0.6 is 0 Å². The van der Waals surface area contributed by atoms with Crippen molar-refractivity contribution in [1.29, 1.82) is 0 Å². The zero-order valence-corrected chi connectivity index (χ0v) is 10.8. The van der Waals surface area contributed by atoms with E-state index in [-0.39, 0.29) is 0 Å². The molecule has 0 aromatic heterocycles. The van der Waals surface area contributed by atoms with Gasteiger partial charge in [-0.3, -0.25) is 4.99 Å². The van der Waals surface area contributed by atoms with Crippen LogP contribution in [-0.4, -0.2) is 6.21 Å². The summed E-state index contributed by atoms with van der Waals surface area (Å²) in [6.07, 6.45) is 16.8. The lowest BCUT2D eigenvalue weighted by Crippen LogP contribution is -2.05. The van der Waals surface area contributed by atoms with Crippen molar-refractivity contribution in [1.82, 2.24) is 0 Å². The van der Waals surface area contributed by atoms with Crippen molar-refractivity contribution in [2.24, 2.45) is 10.9 Å². The van der Waals surface area contributed by atoms with Crippen LogP contribution < -0.4 is 0 Å². The molecule has 0 radical (unpaired) electrons. The first-order valence-electron chi connectivity index (χ1n) is 7.10. The van der Waals surface area contributed by atoms with Crippen molar-refractivity contribution in [3.63, 3.8) is 0 Å². The van der Waals surface area contributed by atoms with Gasteiger partial charge in [0.15, 0.2) is 0 Å². The molecule has 1 aliphatic carbocycles. The second-order valence-electron chi connectivity index (χ2n) is 5.22. The van der Waals surface area contributed by atoms with Crippen LogP contribution in [0.5, 0.6) is 0 Å². The highest BCUT2D eigenvalue weighted by Gasteiger charge is 2.11. The Hall–Kier alpha value is -1.03. The molecular weight excluding hydrogens is 206 g/mol. The van der Waals surface area contributed by atoms with E-state index in [1.165, 1.54) is 44.1 Å². The maximum absolute atomic E-state index is 4.11. The molecule has 1 fully saturated rings. The van der Waals surface area contributed by atoms with E-state index in [9.17, 15) is 0 Å². The molecule has 92 valence electrons. The third-order valence-electron chi connectivity index (χ3n) is 3.81. The van der Waals surface area contributed by atoms with Crippen LogP contribution in [0.2, 0.25) is 0 Å².